The van der Waals surface area contributed by atoms with Crippen LogP contribution in [0.1, 0.15) is 35.2 Å². The summed E-state index contributed by atoms with van der Waals surface area (Å²) < 4.78 is 33.3. The first-order valence-electron chi connectivity index (χ1n) is 7.78. The number of primary sulfonamides is 1. The topological polar surface area (TPSA) is 149 Å². The van der Waals surface area contributed by atoms with Crippen LogP contribution in [0, 0.1) is 6.92 Å². The highest BCUT2D eigenvalue weighted by atomic mass is 32.2. The van der Waals surface area contributed by atoms with Gasteiger partial charge in [0.1, 0.15) is 16.4 Å². The van der Waals surface area contributed by atoms with Crippen molar-refractivity contribution in [1.29, 1.82) is 0 Å². The van der Waals surface area contributed by atoms with Crippen LogP contribution in [0.2, 0.25) is 0 Å². The van der Waals surface area contributed by atoms with Gasteiger partial charge in [-0.25, -0.2) is 13.6 Å². The highest BCUT2D eigenvalue weighted by molar-refractivity contribution is 7.89. The number of amides is 1. The van der Waals surface area contributed by atoms with Gasteiger partial charge >= 0.3 is 5.97 Å². The van der Waals surface area contributed by atoms with Crippen LogP contribution < -0.4 is 15.2 Å². The number of rotatable bonds is 7. The number of nitrogens with two attached hydrogens (primary N) is 1. The van der Waals surface area contributed by atoms with Crippen molar-refractivity contribution in [1.82, 2.24) is 5.32 Å². The van der Waals surface area contributed by atoms with Gasteiger partial charge in [-0.05, 0) is 31.5 Å². The summed E-state index contributed by atoms with van der Waals surface area (Å²) in [5.41, 5.74) is -0.813. The van der Waals surface area contributed by atoms with Crippen molar-refractivity contribution < 1.29 is 32.3 Å². The molecule has 146 valence electrons. The Labute approximate surface area is 156 Å². The molecule has 0 saturated heterocycles. The van der Waals surface area contributed by atoms with Crippen molar-refractivity contribution in [3.63, 3.8) is 0 Å². The molecule has 0 spiro atoms. The fourth-order valence-electron chi connectivity index (χ4n) is 2.66. The van der Waals surface area contributed by atoms with Gasteiger partial charge in [0.2, 0.25) is 10.0 Å². The van der Waals surface area contributed by atoms with Gasteiger partial charge in [0.15, 0.2) is 5.76 Å². The number of aliphatic carboxylic acids is 1. The van der Waals surface area contributed by atoms with Crippen LogP contribution in [0.15, 0.2) is 39.6 Å². The van der Waals surface area contributed by atoms with Gasteiger partial charge in [0.25, 0.3) is 5.91 Å². The summed E-state index contributed by atoms with van der Waals surface area (Å²) in [7, 11) is -2.59. The second-order valence-corrected chi connectivity index (χ2v) is 7.69. The molecule has 1 unspecified atom stereocenters. The molecule has 1 amide bonds. The molecule has 2 rings (SSSR count). The zero-order valence-corrected chi connectivity index (χ0v) is 15.8. The van der Waals surface area contributed by atoms with Gasteiger partial charge < -0.3 is 19.6 Å². The number of sulfonamides is 1. The summed E-state index contributed by atoms with van der Waals surface area (Å²) in [5, 5.41) is 16.9. The fraction of sp³-hybridized carbons (Fsp3) is 0.294. The van der Waals surface area contributed by atoms with E-state index >= 15 is 0 Å². The molecule has 0 fully saturated rings. The number of carboxylic acid groups (broad SMARTS) is 1. The Balaban J connectivity index is 2.41. The molecule has 0 aliphatic carbocycles. The summed E-state index contributed by atoms with van der Waals surface area (Å²) in [5.74, 6) is -1.76. The highest BCUT2D eigenvalue weighted by Crippen LogP contribution is 2.29. The lowest BCUT2D eigenvalue weighted by atomic mass is 9.88. The number of nitrogens with one attached hydrogen (secondary N) is 1. The molecule has 0 aliphatic rings. The van der Waals surface area contributed by atoms with E-state index < -0.39 is 33.9 Å². The summed E-state index contributed by atoms with van der Waals surface area (Å²) in [6.07, 6.45) is -0.423. The van der Waals surface area contributed by atoms with Crippen LogP contribution in [-0.4, -0.2) is 32.5 Å². The number of carboxylic acids is 1. The van der Waals surface area contributed by atoms with Gasteiger partial charge in [0.05, 0.1) is 19.1 Å². The Hall–Kier alpha value is -2.85. The number of hydrogen-bond donors (Lipinski definition) is 3. The van der Waals surface area contributed by atoms with Gasteiger partial charge in [-0.2, -0.15) is 0 Å². The van der Waals surface area contributed by atoms with E-state index in [2.05, 4.69) is 5.32 Å². The molecule has 0 bridgehead atoms. The Morgan fingerprint density at radius 2 is 2.00 bits per heavy atom. The minimum atomic E-state index is -4.05. The summed E-state index contributed by atoms with van der Waals surface area (Å²) >= 11 is 0. The van der Waals surface area contributed by atoms with E-state index in [0.717, 1.165) is 6.07 Å². The molecule has 1 aromatic heterocycles. The number of furan rings is 1. The minimum Gasteiger partial charge on any atom is -0.497 e. The van der Waals surface area contributed by atoms with Gasteiger partial charge in [-0.1, -0.05) is 12.1 Å². The molecular formula is C17H20N2O7S. The quantitative estimate of drug-likeness (QED) is 0.640. The summed E-state index contributed by atoms with van der Waals surface area (Å²) in [6.45, 7) is 2.89. The Kier molecular flexibility index (Phi) is 5.62. The second kappa shape index (κ2) is 7.41. The first-order valence-corrected chi connectivity index (χ1v) is 9.33. The number of aryl methyl sites for hydroxylation is 1. The number of ether oxygens (including phenoxy) is 1. The van der Waals surface area contributed by atoms with Crippen molar-refractivity contribution in [3.8, 4) is 5.75 Å². The predicted octanol–water partition coefficient (Wildman–Crippen LogP) is 1.36. The Morgan fingerprint density at radius 3 is 2.52 bits per heavy atom. The van der Waals surface area contributed by atoms with Gasteiger partial charge in [-0.15, -0.1) is 0 Å². The Morgan fingerprint density at radius 1 is 1.33 bits per heavy atom. The SMILES string of the molecule is COc1cccc(C(C)(CC(=O)O)NC(=O)c2cc(S(N)(=O)=O)c(C)o2)c1. The van der Waals surface area contributed by atoms with Crippen molar-refractivity contribution in [2.24, 2.45) is 5.14 Å². The molecule has 4 N–H and O–H groups in total. The van der Waals surface area contributed by atoms with E-state index in [1.165, 1.54) is 21.0 Å². The molecular weight excluding hydrogens is 376 g/mol. The zero-order chi connectivity index (χ0) is 20.4. The van der Waals surface area contributed by atoms with Gasteiger partial charge in [-0.3, -0.25) is 9.59 Å². The monoisotopic (exact) mass is 396 g/mol. The number of methoxy groups -OCH3 is 1. The van der Waals surface area contributed by atoms with E-state index in [0.29, 0.717) is 11.3 Å². The molecule has 1 heterocycles. The van der Waals surface area contributed by atoms with E-state index in [9.17, 15) is 23.1 Å². The van der Waals surface area contributed by atoms with Crippen LogP contribution in [-0.2, 0) is 20.4 Å². The minimum absolute atomic E-state index is 0.0380. The number of carbonyl (C=O) groups is 2. The lowest BCUT2D eigenvalue weighted by molar-refractivity contribution is -0.138. The smallest absolute Gasteiger partial charge is 0.306 e. The molecule has 1 atom stereocenters. The normalized spacial score (nSPS) is 13.6. The number of benzene rings is 1. The average molecular weight is 396 g/mol. The first-order chi connectivity index (χ1) is 12.5. The van der Waals surface area contributed by atoms with Crippen LogP contribution in [0.3, 0.4) is 0 Å². The third-order valence-corrected chi connectivity index (χ3v) is 5.02. The van der Waals surface area contributed by atoms with Crippen molar-refractivity contribution in [2.45, 2.75) is 30.7 Å². The highest BCUT2D eigenvalue weighted by Gasteiger charge is 2.33. The largest absolute Gasteiger partial charge is 0.497 e. The fourth-order valence-corrected chi connectivity index (χ4v) is 3.37. The van der Waals surface area contributed by atoms with E-state index in [-0.39, 0.29) is 16.4 Å². The van der Waals surface area contributed by atoms with Crippen LogP contribution >= 0.6 is 0 Å². The lowest BCUT2D eigenvalue weighted by Crippen LogP contribution is -2.45. The number of carbonyl (C=O) groups excluding carboxylic acids is 1. The molecule has 9 nitrogen and oxygen atoms in total. The molecule has 0 aliphatic heterocycles. The van der Waals surface area contributed by atoms with Gasteiger partial charge in [0, 0.05) is 6.07 Å². The second-order valence-electron chi connectivity index (χ2n) is 6.16. The van der Waals surface area contributed by atoms with Crippen molar-refractivity contribution in [3.05, 3.63) is 47.4 Å². The maximum absolute atomic E-state index is 12.6. The zero-order valence-electron chi connectivity index (χ0n) is 15.0. The third kappa shape index (κ3) is 4.66. The van der Waals surface area contributed by atoms with Crippen LogP contribution in [0.25, 0.3) is 0 Å². The van der Waals surface area contributed by atoms with Crippen LogP contribution in [0.4, 0.5) is 0 Å². The molecule has 2 aromatic rings. The lowest BCUT2D eigenvalue weighted by Gasteiger charge is -2.29. The van der Waals surface area contributed by atoms with Crippen molar-refractivity contribution in [2.75, 3.05) is 7.11 Å². The maximum Gasteiger partial charge on any atom is 0.306 e. The van der Waals surface area contributed by atoms with Crippen molar-refractivity contribution >= 4 is 21.9 Å². The molecule has 27 heavy (non-hydrogen) atoms. The van der Waals surface area contributed by atoms with E-state index in [4.69, 9.17) is 14.3 Å². The summed E-state index contributed by atoms with van der Waals surface area (Å²) in [6, 6.07) is 7.60. The third-order valence-electron chi connectivity index (χ3n) is 4.00. The Bertz CT molecular complexity index is 981. The van der Waals surface area contributed by atoms with Crippen LogP contribution in [0.5, 0.6) is 5.75 Å². The van der Waals surface area contributed by atoms with E-state index in [1.54, 1.807) is 24.3 Å². The molecule has 0 radical (unpaired) electrons. The van der Waals surface area contributed by atoms with E-state index in [1.807, 2.05) is 0 Å². The first kappa shape index (κ1) is 20.5. The molecule has 10 heteroatoms. The summed E-state index contributed by atoms with van der Waals surface area (Å²) in [4.78, 5) is 23.6. The standard InChI is InChI=1S/C17H20N2O7S/c1-10-14(27(18,23)24)8-13(26-10)16(22)19-17(2,9-15(20)21)11-5-4-6-12(7-11)25-3/h4-8H,9H2,1-3H3,(H,19,22)(H,20,21)(H2,18,23,24). The molecule has 1 aromatic carbocycles. The predicted molar refractivity (Wildman–Crippen MR) is 94.9 cm³/mol. The molecule has 0 saturated carbocycles. The number of hydrogen-bond acceptors (Lipinski definition) is 6. The maximum atomic E-state index is 12.6. The average Bonchev–Trinajstić information content (AvgIpc) is 2.96.